The number of imidazole rings is 1. The largest absolute Gasteiger partial charge is 0.348 e. The molecule has 2 heterocycles. The summed E-state index contributed by atoms with van der Waals surface area (Å²) in [5.74, 6) is 0.571. The number of rotatable bonds is 2. The summed E-state index contributed by atoms with van der Waals surface area (Å²) in [4.78, 5) is 7.79. The number of aromatic nitrogens is 2. The van der Waals surface area contributed by atoms with Gasteiger partial charge in [-0.3, -0.25) is 0 Å². The maximum Gasteiger partial charge on any atom is 0.0926 e. The predicted molar refractivity (Wildman–Crippen MR) is 77.3 cm³/mol. The van der Waals surface area contributed by atoms with Gasteiger partial charge in [0.2, 0.25) is 0 Å². The molecule has 1 atom stereocenters. The first kappa shape index (κ1) is 12.4. The van der Waals surface area contributed by atoms with Crippen LogP contribution in [0.25, 0.3) is 0 Å². The summed E-state index contributed by atoms with van der Waals surface area (Å²) < 4.78 is 0. The van der Waals surface area contributed by atoms with Crippen molar-refractivity contribution in [2.75, 3.05) is 6.54 Å². The number of nitrogens with zero attached hydrogens (tertiary/aromatic N) is 1. The van der Waals surface area contributed by atoms with Crippen LogP contribution < -0.4 is 5.32 Å². The molecule has 19 heavy (non-hydrogen) atoms. The third-order valence-corrected chi connectivity index (χ3v) is 4.20. The second kappa shape index (κ2) is 4.49. The summed E-state index contributed by atoms with van der Waals surface area (Å²) in [7, 11) is 0. The van der Waals surface area contributed by atoms with E-state index in [1.165, 1.54) is 16.8 Å². The fraction of sp³-hybridized carbons (Fsp3) is 0.438. The van der Waals surface area contributed by atoms with Crippen molar-refractivity contribution < 1.29 is 0 Å². The van der Waals surface area contributed by atoms with Gasteiger partial charge in [0, 0.05) is 18.7 Å². The van der Waals surface area contributed by atoms with Gasteiger partial charge in [-0.05, 0) is 24.0 Å². The number of aromatic amines is 1. The molecule has 2 aromatic rings. The Morgan fingerprint density at radius 1 is 1.21 bits per heavy atom. The minimum atomic E-state index is -0.177. The van der Waals surface area contributed by atoms with E-state index in [9.17, 15) is 0 Å². The van der Waals surface area contributed by atoms with E-state index in [0.29, 0.717) is 5.92 Å². The number of hydrogen-bond acceptors (Lipinski definition) is 2. The van der Waals surface area contributed by atoms with Gasteiger partial charge in [0.15, 0.2) is 0 Å². The molecule has 2 N–H and O–H groups in total. The van der Waals surface area contributed by atoms with E-state index in [1.54, 1.807) is 6.33 Å². The lowest BCUT2D eigenvalue weighted by Gasteiger charge is -2.34. The Bertz CT molecular complexity index is 568. The first-order valence-corrected chi connectivity index (χ1v) is 6.99. The van der Waals surface area contributed by atoms with Crippen LogP contribution in [0.5, 0.6) is 0 Å². The number of nitrogens with one attached hydrogen (secondary N) is 2. The van der Waals surface area contributed by atoms with E-state index in [2.05, 4.69) is 60.3 Å². The van der Waals surface area contributed by atoms with Gasteiger partial charge in [0.1, 0.15) is 0 Å². The highest BCUT2D eigenvalue weighted by Gasteiger charge is 2.35. The van der Waals surface area contributed by atoms with Crippen LogP contribution in [0.15, 0.2) is 30.6 Å². The molecule has 0 spiro atoms. The van der Waals surface area contributed by atoms with Crippen molar-refractivity contribution in [1.82, 2.24) is 15.3 Å². The van der Waals surface area contributed by atoms with Crippen LogP contribution in [0.3, 0.4) is 0 Å². The zero-order valence-corrected chi connectivity index (χ0v) is 11.8. The van der Waals surface area contributed by atoms with E-state index >= 15 is 0 Å². The number of hydrogen-bond donors (Lipinski definition) is 2. The quantitative estimate of drug-likeness (QED) is 0.866. The first-order valence-electron chi connectivity index (χ1n) is 6.99. The minimum Gasteiger partial charge on any atom is -0.348 e. The molecule has 1 aliphatic rings. The topological polar surface area (TPSA) is 40.7 Å². The molecule has 0 radical (unpaired) electrons. The Hall–Kier alpha value is -1.61. The van der Waals surface area contributed by atoms with Crippen molar-refractivity contribution in [2.24, 2.45) is 0 Å². The van der Waals surface area contributed by atoms with Crippen molar-refractivity contribution >= 4 is 0 Å². The van der Waals surface area contributed by atoms with E-state index in [0.717, 1.165) is 18.7 Å². The highest BCUT2D eigenvalue weighted by Crippen LogP contribution is 2.33. The summed E-state index contributed by atoms with van der Waals surface area (Å²) in [6.45, 7) is 7.65. The Balaban J connectivity index is 2.02. The zero-order valence-electron chi connectivity index (χ0n) is 11.8. The highest BCUT2D eigenvalue weighted by molar-refractivity contribution is 5.39. The maximum atomic E-state index is 4.53. The molecule has 0 saturated heterocycles. The number of fused-ring (bicyclic) bond motifs is 1. The molecule has 0 amide bonds. The third kappa shape index (κ3) is 1.98. The number of H-pyrrole nitrogens is 1. The Morgan fingerprint density at radius 2 is 1.95 bits per heavy atom. The minimum absolute atomic E-state index is 0.177. The van der Waals surface area contributed by atoms with Crippen molar-refractivity contribution in [1.29, 1.82) is 0 Å². The van der Waals surface area contributed by atoms with Gasteiger partial charge in [-0.15, -0.1) is 0 Å². The zero-order chi connectivity index (χ0) is 13.5. The number of benzene rings is 1. The van der Waals surface area contributed by atoms with Gasteiger partial charge in [-0.25, -0.2) is 4.98 Å². The molecule has 3 heteroatoms. The van der Waals surface area contributed by atoms with Crippen LogP contribution in [0.2, 0.25) is 0 Å². The smallest absolute Gasteiger partial charge is 0.0926 e. The molecular formula is C16H21N3. The molecule has 100 valence electrons. The molecule has 0 saturated carbocycles. The van der Waals surface area contributed by atoms with Gasteiger partial charge < -0.3 is 10.3 Å². The molecular weight excluding hydrogens is 234 g/mol. The van der Waals surface area contributed by atoms with Crippen molar-refractivity contribution in [3.63, 3.8) is 0 Å². The lowest BCUT2D eigenvalue weighted by atomic mass is 9.83. The van der Waals surface area contributed by atoms with Crippen LogP contribution in [-0.4, -0.2) is 16.5 Å². The summed E-state index contributed by atoms with van der Waals surface area (Å²) in [6.07, 6.45) is 2.83. The van der Waals surface area contributed by atoms with Crippen LogP contribution in [-0.2, 0) is 12.0 Å². The van der Waals surface area contributed by atoms with Gasteiger partial charge >= 0.3 is 0 Å². The summed E-state index contributed by atoms with van der Waals surface area (Å²) >= 11 is 0. The maximum absolute atomic E-state index is 4.53. The molecule has 0 fully saturated rings. The molecule has 0 aliphatic carbocycles. The van der Waals surface area contributed by atoms with Gasteiger partial charge in [-0.1, -0.05) is 38.1 Å². The summed E-state index contributed by atoms with van der Waals surface area (Å²) in [5, 5.41) is 3.62. The first-order chi connectivity index (χ1) is 9.11. The fourth-order valence-corrected chi connectivity index (χ4v) is 2.90. The van der Waals surface area contributed by atoms with E-state index in [1.807, 2.05) is 0 Å². The third-order valence-electron chi connectivity index (χ3n) is 4.20. The second-order valence-electron chi connectivity index (χ2n) is 5.81. The van der Waals surface area contributed by atoms with E-state index in [-0.39, 0.29) is 5.54 Å². The normalized spacial score (nSPS) is 22.5. The van der Waals surface area contributed by atoms with Crippen molar-refractivity contribution in [3.8, 4) is 0 Å². The Labute approximate surface area is 114 Å². The van der Waals surface area contributed by atoms with Crippen LogP contribution in [0.4, 0.5) is 0 Å². The average molecular weight is 255 g/mol. The standard InChI is InChI=1S/C16H21N3/c1-11(2)12-4-6-13(7-5-12)16(3)15-14(8-9-19-16)17-10-18-15/h4-7,10-11,19H,8-9H2,1-3H3,(H,17,18). The van der Waals surface area contributed by atoms with Crippen molar-refractivity contribution in [3.05, 3.63) is 53.1 Å². The molecule has 1 aromatic heterocycles. The monoisotopic (exact) mass is 255 g/mol. The predicted octanol–water partition coefficient (Wildman–Crippen LogP) is 2.94. The van der Waals surface area contributed by atoms with Crippen LogP contribution in [0, 0.1) is 0 Å². The highest BCUT2D eigenvalue weighted by atomic mass is 15.1. The summed E-state index contributed by atoms with van der Waals surface area (Å²) in [5.41, 5.74) is 4.88. The fourth-order valence-electron chi connectivity index (χ4n) is 2.90. The van der Waals surface area contributed by atoms with Crippen LogP contribution in [0.1, 0.15) is 49.2 Å². The average Bonchev–Trinajstić information content (AvgIpc) is 2.89. The van der Waals surface area contributed by atoms with Crippen LogP contribution >= 0.6 is 0 Å². The van der Waals surface area contributed by atoms with Crippen molar-refractivity contribution in [2.45, 2.75) is 38.6 Å². The molecule has 1 aliphatic heterocycles. The van der Waals surface area contributed by atoms with E-state index < -0.39 is 0 Å². The molecule has 3 nitrogen and oxygen atoms in total. The molecule has 0 bridgehead atoms. The molecule has 1 aromatic carbocycles. The van der Waals surface area contributed by atoms with Gasteiger partial charge in [0.05, 0.1) is 17.6 Å². The summed E-state index contributed by atoms with van der Waals surface area (Å²) in [6, 6.07) is 8.92. The lowest BCUT2D eigenvalue weighted by Crippen LogP contribution is -2.46. The Morgan fingerprint density at radius 3 is 2.63 bits per heavy atom. The SMILES string of the molecule is CC(C)c1ccc(C2(C)NCCc3[nH]cnc32)cc1. The van der Waals surface area contributed by atoms with Gasteiger partial charge in [-0.2, -0.15) is 0 Å². The van der Waals surface area contributed by atoms with Gasteiger partial charge in [0.25, 0.3) is 0 Å². The lowest BCUT2D eigenvalue weighted by molar-refractivity contribution is 0.403. The van der Waals surface area contributed by atoms with E-state index in [4.69, 9.17) is 0 Å². The molecule has 3 rings (SSSR count). The Kier molecular flexibility index (Phi) is 2.94. The second-order valence-corrected chi connectivity index (χ2v) is 5.81. The molecule has 1 unspecified atom stereocenters.